The third-order valence-electron chi connectivity index (χ3n) is 4.92. The smallest absolute Gasteiger partial charge is 0.235 e. The summed E-state index contributed by atoms with van der Waals surface area (Å²) in [4.78, 5) is 24.7. The number of primary amides is 1. The molecule has 1 fully saturated rings. The molecule has 4 N–H and O–H groups in total. The van der Waals surface area contributed by atoms with Crippen molar-refractivity contribution in [3.05, 3.63) is 65.7 Å². The third-order valence-corrected chi connectivity index (χ3v) is 4.92. The van der Waals surface area contributed by atoms with E-state index in [1.807, 2.05) is 0 Å². The minimum Gasteiger partial charge on any atom is -0.497 e. The number of ether oxygens (including phenoxy) is 1. The van der Waals surface area contributed by atoms with E-state index in [9.17, 15) is 20.0 Å². The standard InChI is InChI=1S/C20H19N3O4/c1-27-14-9-7-12(8-10-14)16-15(11-21)20(26,13-5-3-2-4-6-13)23-19(25)17(16)18(22)24/h2-10,15-17,26H,1H3,(H2,22,24)(H,23,25)/t15-,16+,17-,20-/m1/s1. The van der Waals surface area contributed by atoms with Gasteiger partial charge < -0.3 is 20.9 Å². The van der Waals surface area contributed by atoms with E-state index in [1.165, 1.54) is 7.11 Å². The Labute approximate surface area is 156 Å². The highest BCUT2D eigenvalue weighted by Crippen LogP contribution is 2.45. The Balaban J connectivity index is 2.16. The second-order valence-corrected chi connectivity index (χ2v) is 6.41. The Morgan fingerprint density at radius 3 is 2.37 bits per heavy atom. The molecule has 3 rings (SSSR count). The van der Waals surface area contributed by atoms with Crippen molar-refractivity contribution < 1.29 is 19.4 Å². The van der Waals surface area contributed by atoms with Gasteiger partial charge in [0.05, 0.1) is 13.2 Å². The third kappa shape index (κ3) is 3.11. The lowest BCUT2D eigenvalue weighted by atomic mass is 9.67. The second kappa shape index (κ2) is 7.09. The predicted molar refractivity (Wildman–Crippen MR) is 96.0 cm³/mol. The van der Waals surface area contributed by atoms with Crippen molar-refractivity contribution in [2.24, 2.45) is 17.6 Å². The molecule has 0 bridgehead atoms. The van der Waals surface area contributed by atoms with Gasteiger partial charge in [-0.25, -0.2) is 0 Å². The van der Waals surface area contributed by atoms with E-state index in [4.69, 9.17) is 10.5 Å². The summed E-state index contributed by atoms with van der Waals surface area (Å²) in [6.45, 7) is 0. The Bertz CT molecular complexity index is 892. The van der Waals surface area contributed by atoms with Gasteiger partial charge in [-0.15, -0.1) is 0 Å². The van der Waals surface area contributed by atoms with Crippen LogP contribution in [-0.4, -0.2) is 24.0 Å². The number of nitrogens with two attached hydrogens (primary N) is 1. The van der Waals surface area contributed by atoms with Crippen molar-refractivity contribution >= 4 is 11.8 Å². The Morgan fingerprint density at radius 2 is 1.85 bits per heavy atom. The van der Waals surface area contributed by atoms with Crippen molar-refractivity contribution in [2.45, 2.75) is 11.6 Å². The van der Waals surface area contributed by atoms with Crippen LogP contribution in [0.3, 0.4) is 0 Å². The van der Waals surface area contributed by atoms with E-state index in [0.717, 1.165) is 0 Å². The molecule has 1 aliphatic rings. The molecule has 0 saturated carbocycles. The molecule has 1 aliphatic heterocycles. The Morgan fingerprint density at radius 1 is 1.22 bits per heavy atom. The maximum Gasteiger partial charge on any atom is 0.235 e. The molecule has 0 radical (unpaired) electrons. The fraction of sp³-hybridized carbons (Fsp3) is 0.250. The topological polar surface area (TPSA) is 125 Å². The molecule has 4 atom stereocenters. The number of nitriles is 1. The first kappa shape index (κ1) is 18.4. The van der Waals surface area contributed by atoms with E-state index < -0.39 is 35.3 Å². The molecule has 2 amide bonds. The van der Waals surface area contributed by atoms with Gasteiger partial charge in [-0.1, -0.05) is 42.5 Å². The maximum atomic E-state index is 12.7. The lowest BCUT2D eigenvalue weighted by Crippen LogP contribution is -2.62. The quantitative estimate of drug-likeness (QED) is 0.697. The van der Waals surface area contributed by atoms with E-state index in [2.05, 4.69) is 11.4 Å². The van der Waals surface area contributed by atoms with Gasteiger partial charge in [0.15, 0.2) is 5.72 Å². The largest absolute Gasteiger partial charge is 0.497 e. The molecule has 0 aliphatic carbocycles. The molecule has 1 heterocycles. The highest BCUT2D eigenvalue weighted by Gasteiger charge is 2.55. The summed E-state index contributed by atoms with van der Waals surface area (Å²) in [7, 11) is 1.52. The van der Waals surface area contributed by atoms with Gasteiger partial charge in [-0.3, -0.25) is 9.59 Å². The van der Waals surface area contributed by atoms with E-state index in [0.29, 0.717) is 16.9 Å². The van der Waals surface area contributed by atoms with Crippen LogP contribution in [0.5, 0.6) is 5.75 Å². The fourth-order valence-corrected chi connectivity index (χ4v) is 3.59. The first-order valence-electron chi connectivity index (χ1n) is 8.35. The normalized spacial score (nSPS) is 27.3. The molecule has 2 aromatic rings. The van der Waals surface area contributed by atoms with Gasteiger partial charge in [0.1, 0.15) is 17.6 Å². The van der Waals surface area contributed by atoms with Crippen LogP contribution in [-0.2, 0) is 15.3 Å². The molecular formula is C20H19N3O4. The molecule has 7 nitrogen and oxygen atoms in total. The van der Waals surface area contributed by atoms with Crippen molar-refractivity contribution in [3.63, 3.8) is 0 Å². The zero-order chi connectivity index (χ0) is 19.6. The highest BCUT2D eigenvalue weighted by atomic mass is 16.5. The number of nitrogens with zero attached hydrogens (tertiary/aromatic N) is 1. The number of benzene rings is 2. The molecule has 7 heteroatoms. The SMILES string of the molecule is COc1ccc([C@@H]2[C@H](C(N)=O)C(=O)N[C@@](O)(c3ccccc3)[C@@H]2C#N)cc1. The Kier molecular flexibility index (Phi) is 4.84. The zero-order valence-corrected chi connectivity index (χ0v) is 14.6. The van der Waals surface area contributed by atoms with Crippen LogP contribution < -0.4 is 15.8 Å². The minimum absolute atomic E-state index is 0.353. The summed E-state index contributed by atoms with van der Waals surface area (Å²) in [5, 5.41) is 23.6. The van der Waals surface area contributed by atoms with Crippen LogP contribution in [0.15, 0.2) is 54.6 Å². The van der Waals surface area contributed by atoms with Crippen LogP contribution in [0.2, 0.25) is 0 Å². The van der Waals surface area contributed by atoms with Crippen molar-refractivity contribution in [2.75, 3.05) is 7.11 Å². The van der Waals surface area contributed by atoms with Gasteiger partial charge in [0.2, 0.25) is 11.8 Å². The summed E-state index contributed by atoms with van der Waals surface area (Å²) < 4.78 is 5.13. The lowest BCUT2D eigenvalue weighted by Gasteiger charge is -2.44. The van der Waals surface area contributed by atoms with Gasteiger partial charge in [-0.05, 0) is 17.7 Å². The monoisotopic (exact) mass is 365 g/mol. The number of piperidine rings is 1. The number of hydrogen-bond acceptors (Lipinski definition) is 5. The zero-order valence-electron chi connectivity index (χ0n) is 14.6. The van der Waals surface area contributed by atoms with Crippen molar-refractivity contribution in [3.8, 4) is 11.8 Å². The number of rotatable bonds is 4. The number of nitrogens with one attached hydrogen (secondary N) is 1. The van der Waals surface area contributed by atoms with E-state index in [1.54, 1.807) is 54.6 Å². The number of amides is 2. The number of methoxy groups -OCH3 is 1. The van der Waals surface area contributed by atoms with Crippen LogP contribution in [0, 0.1) is 23.2 Å². The summed E-state index contributed by atoms with van der Waals surface area (Å²) >= 11 is 0. The number of aliphatic hydroxyl groups is 1. The number of hydrogen-bond donors (Lipinski definition) is 3. The van der Waals surface area contributed by atoms with E-state index >= 15 is 0 Å². The van der Waals surface area contributed by atoms with Crippen LogP contribution >= 0.6 is 0 Å². The number of carbonyl (C=O) groups is 2. The highest BCUT2D eigenvalue weighted by molar-refractivity contribution is 6.01. The van der Waals surface area contributed by atoms with Crippen LogP contribution in [0.1, 0.15) is 17.0 Å². The van der Waals surface area contributed by atoms with Crippen molar-refractivity contribution in [1.82, 2.24) is 5.32 Å². The average molecular weight is 365 g/mol. The molecule has 1 saturated heterocycles. The summed E-state index contributed by atoms with van der Waals surface area (Å²) in [6.07, 6.45) is 0. The first-order valence-corrected chi connectivity index (χ1v) is 8.35. The molecule has 0 aromatic heterocycles. The average Bonchev–Trinajstić information content (AvgIpc) is 2.68. The minimum atomic E-state index is -1.95. The molecule has 138 valence electrons. The van der Waals surface area contributed by atoms with E-state index in [-0.39, 0.29) is 0 Å². The fourth-order valence-electron chi connectivity index (χ4n) is 3.59. The Hall–Kier alpha value is -3.37. The van der Waals surface area contributed by atoms with Crippen LogP contribution in [0.25, 0.3) is 0 Å². The summed E-state index contributed by atoms with van der Waals surface area (Å²) in [5.41, 5.74) is 4.41. The summed E-state index contributed by atoms with van der Waals surface area (Å²) in [5.74, 6) is -4.33. The van der Waals surface area contributed by atoms with Gasteiger partial charge >= 0.3 is 0 Å². The lowest BCUT2D eigenvalue weighted by molar-refractivity contribution is -0.153. The maximum absolute atomic E-state index is 12.7. The molecule has 0 unspecified atom stereocenters. The molecule has 27 heavy (non-hydrogen) atoms. The van der Waals surface area contributed by atoms with Crippen molar-refractivity contribution in [1.29, 1.82) is 5.26 Å². The van der Waals surface area contributed by atoms with Gasteiger partial charge in [0, 0.05) is 11.5 Å². The second-order valence-electron chi connectivity index (χ2n) is 6.41. The molecular weight excluding hydrogens is 346 g/mol. The predicted octanol–water partition coefficient (Wildman–Crippen LogP) is 0.995. The molecule has 0 spiro atoms. The van der Waals surface area contributed by atoms with Crippen LogP contribution in [0.4, 0.5) is 0 Å². The van der Waals surface area contributed by atoms with Gasteiger partial charge in [-0.2, -0.15) is 5.26 Å². The first-order chi connectivity index (χ1) is 12.9. The van der Waals surface area contributed by atoms with Gasteiger partial charge in [0.25, 0.3) is 0 Å². The number of carbonyl (C=O) groups excluding carboxylic acids is 2. The summed E-state index contributed by atoms with van der Waals surface area (Å²) in [6, 6.07) is 17.1. The molecule has 2 aromatic carbocycles.